The number of carbonyl (C=O) groups excluding carboxylic acids is 1. The Hall–Kier alpha value is -1.31. The van der Waals surface area contributed by atoms with Crippen LogP contribution in [-0.2, 0) is 20.9 Å². The van der Waals surface area contributed by atoms with E-state index in [-0.39, 0.29) is 24.0 Å². The number of nitrogens with zero attached hydrogens (tertiary/aromatic N) is 2. The maximum atomic E-state index is 12.1. The highest BCUT2D eigenvalue weighted by Crippen LogP contribution is 2.34. The lowest BCUT2D eigenvalue weighted by Gasteiger charge is -2.13. The highest BCUT2D eigenvalue weighted by Gasteiger charge is 2.41. The third-order valence-corrected chi connectivity index (χ3v) is 4.01. The van der Waals surface area contributed by atoms with Crippen LogP contribution in [0.1, 0.15) is 18.4 Å². The molecule has 0 saturated carbocycles. The Labute approximate surface area is 114 Å². The van der Waals surface area contributed by atoms with Crippen molar-refractivity contribution in [1.29, 1.82) is 0 Å². The molecule has 1 aromatic rings. The molecule has 1 aromatic heterocycles. The summed E-state index contributed by atoms with van der Waals surface area (Å²) in [6, 6.07) is 0. The van der Waals surface area contributed by atoms with Gasteiger partial charge in [-0.2, -0.15) is 0 Å². The first-order valence-electron chi connectivity index (χ1n) is 6.31. The zero-order chi connectivity index (χ0) is 13.2. The van der Waals surface area contributed by atoms with Gasteiger partial charge in [-0.25, -0.2) is 0 Å². The number of nitrogens with one attached hydrogen (secondary N) is 1. The number of hydrogen-bond acceptors (Lipinski definition) is 6. The molecule has 1 saturated heterocycles. The number of hydrogen-bond donors (Lipinski definition) is 1. The van der Waals surface area contributed by atoms with Crippen LogP contribution in [-0.4, -0.2) is 34.9 Å². The predicted octanol–water partition coefficient (Wildman–Crippen LogP) is 1.36. The minimum atomic E-state index is -0.116. The van der Waals surface area contributed by atoms with Crippen LogP contribution in [0.5, 0.6) is 0 Å². The molecule has 1 N–H and O–H groups in total. The summed E-state index contributed by atoms with van der Waals surface area (Å²) >= 11 is 1.34. The number of anilines is 1. The van der Waals surface area contributed by atoms with Gasteiger partial charge in [0.1, 0.15) is 11.6 Å². The summed E-state index contributed by atoms with van der Waals surface area (Å²) in [6.45, 7) is 2.99. The summed E-state index contributed by atoms with van der Waals surface area (Å²) in [4.78, 5) is 12.1. The SMILES string of the molecule is CCOCc1nnc(NC(=O)[C@@H]2C[C@@H]3C=C[C@H]2O3)s1. The smallest absolute Gasteiger partial charge is 0.232 e. The number of aromatic nitrogens is 2. The van der Waals surface area contributed by atoms with Crippen molar-refractivity contribution >= 4 is 22.4 Å². The first-order valence-corrected chi connectivity index (χ1v) is 7.12. The van der Waals surface area contributed by atoms with Crippen molar-refractivity contribution in [1.82, 2.24) is 10.2 Å². The van der Waals surface area contributed by atoms with E-state index >= 15 is 0 Å². The van der Waals surface area contributed by atoms with Crippen LogP contribution >= 0.6 is 11.3 Å². The van der Waals surface area contributed by atoms with Gasteiger partial charge in [0.15, 0.2) is 0 Å². The Bertz CT molecular complexity index is 502. The van der Waals surface area contributed by atoms with E-state index in [1.807, 2.05) is 19.1 Å². The van der Waals surface area contributed by atoms with Crippen molar-refractivity contribution < 1.29 is 14.3 Å². The Morgan fingerprint density at radius 2 is 2.47 bits per heavy atom. The zero-order valence-electron chi connectivity index (χ0n) is 10.5. The van der Waals surface area contributed by atoms with Gasteiger partial charge in [-0.3, -0.25) is 4.79 Å². The van der Waals surface area contributed by atoms with E-state index in [1.54, 1.807) is 0 Å². The zero-order valence-corrected chi connectivity index (χ0v) is 11.4. The summed E-state index contributed by atoms with van der Waals surface area (Å²) in [7, 11) is 0. The Morgan fingerprint density at radius 3 is 3.16 bits per heavy atom. The molecule has 1 fully saturated rings. The molecule has 102 valence electrons. The van der Waals surface area contributed by atoms with Gasteiger partial charge in [-0.1, -0.05) is 23.5 Å². The van der Waals surface area contributed by atoms with E-state index in [4.69, 9.17) is 9.47 Å². The minimum Gasteiger partial charge on any atom is -0.374 e. The first kappa shape index (κ1) is 12.7. The van der Waals surface area contributed by atoms with Crippen LogP contribution in [0, 0.1) is 5.92 Å². The summed E-state index contributed by atoms with van der Waals surface area (Å²) in [5.41, 5.74) is 0. The van der Waals surface area contributed by atoms with Gasteiger partial charge in [0.25, 0.3) is 0 Å². The van der Waals surface area contributed by atoms with Crippen LogP contribution < -0.4 is 5.32 Å². The molecule has 7 heteroatoms. The van der Waals surface area contributed by atoms with Gasteiger partial charge in [0.2, 0.25) is 11.0 Å². The predicted molar refractivity (Wildman–Crippen MR) is 69.8 cm³/mol. The van der Waals surface area contributed by atoms with Gasteiger partial charge in [0.05, 0.1) is 18.1 Å². The first-order chi connectivity index (χ1) is 9.26. The topological polar surface area (TPSA) is 73.3 Å². The molecular weight excluding hydrogens is 266 g/mol. The van der Waals surface area contributed by atoms with Crippen molar-refractivity contribution in [3.8, 4) is 0 Å². The van der Waals surface area contributed by atoms with Crippen LogP contribution in [0.3, 0.4) is 0 Å². The second-order valence-electron chi connectivity index (χ2n) is 4.49. The van der Waals surface area contributed by atoms with Crippen molar-refractivity contribution in [2.75, 3.05) is 11.9 Å². The molecule has 1 amide bonds. The number of fused-ring (bicyclic) bond motifs is 2. The highest BCUT2D eigenvalue weighted by molar-refractivity contribution is 7.15. The molecule has 0 aromatic carbocycles. The summed E-state index contributed by atoms with van der Waals surface area (Å²) < 4.78 is 10.8. The van der Waals surface area contributed by atoms with Crippen molar-refractivity contribution in [3.05, 3.63) is 17.2 Å². The van der Waals surface area contributed by atoms with Crippen molar-refractivity contribution in [2.45, 2.75) is 32.2 Å². The van der Waals surface area contributed by atoms with Gasteiger partial charge in [-0.05, 0) is 13.3 Å². The monoisotopic (exact) mass is 281 g/mol. The van der Waals surface area contributed by atoms with Crippen LogP contribution in [0.4, 0.5) is 5.13 Å². The lowest BCUT2D eigenvalue weighted by atomic mass is 9.94. The molecule has 0 unspecified atom stereocenters. The lowest BCUT2D eigenvalue weighted by molar-refractivity contribution is -0.120. The standard InChI is InChI=1S/C12H15N3O3S/c1-2-17-6-10-14-15-12(19-10)13-11(16)8-5-7-3-4-9(8)18-7/h3-4,7-9H,2,5-6H2,1H3,(H,13,15,16)/t7-,8+,9+/m0/s1. The Kier molecular flexibility index (Phi) is 3.58. The van der Waals surface area contributed by atoms with E-state index in [9.17, 15) is 4.79 Å². The largest absolute Gasteiger partial charge is 0.374 e. The van der Waals surface area contributed by atoms with E-state index in [0.717, 1.165) is 11.4 Å². The summed E-state index contributed by atoms with van der Waals surface area (Å²) in [6.07, 6.45) is 4.74. The molecule has 6 nitrogen and oxygen atoms in total. The average Bonchev–Trinajstić information content (AvgIpc) is 3.12. The normalized spacial score (nSPS) is 27.9. The fraction of sp³-hybridized carbons (Fsp3) is 0.583. The van der Waals surface area contributed by atoms with Crippen LogP contribution in [0.2, 0.25) is 0 Å². The molecular formula is C12H15N3O3S. The molecule has 3 heterocycles. The molecule has 19 heavy (non-hydrogen) atoms. The second-order valence-corrected chi connectivity index (χ2v) is 5.56. The van der Waals surface area contributed by atoms with Gasteiger partial charge in [-0.15, -0.1) is 10.2 Å². The van der Waals surface area contributed by atoms with E-state index in [0.29, 0.717) is 18.3 Å². The minimum absolute atomic E-state index is 0.0454. The maximum Gasteiger partial charge on any atom is 0.232 e. The van der Waals surface area contributed by atoms with Crippen LogP contribution in [0.15, 0.2) is 12.2 Å². The number of ether oxygens (including phenoxy) is 2. The summed E-state index contributed by atoms with van der Waals surface area (Å²) in [5, 5.41) is 12.0. The van der Waals surface area contributed by atoms with Crippen molar-refractivity contribution in [3.63, 3.8) is 0 Å². The lowest BCUT2D eigenvalue weighted by Crippen LogP contribution is -2.28. The van der Waals surface area contributed by atoms with Crippen molar-refractivity contribution in [2.24, 2.45) is 5.92 Å². The number of amides is 1. The fourth-order valence-corrected chi connectivity index (χ4v) is 2.96. The molecule has 3 rings (SSSR count). The van der Waals surface area contributed by atoms with E-state index < -0.39 is 0 Å². The summed E-state index contributed by atoms with van der Waals surface area (Å²) in [5.74, 6) is -0.162. The fourth-order valence-electron chi connectivity index (χ4n) is 2.28. The molecule has 0 spiro atoms. The maximum absolute atomic E-state index is 12.1. The number of rotatable bonds is 5. The quantitative estimate of drug-likeness (QED) is 0.825. The molecule has 2 aliphatic rings. The van der Waals surface area contributed by atoms with Gasteiger partial charge >= 0.3 is 0 Å². The van der Waals surface area contributed by atoms with E-state index in [2.05, 4.69) is 15.5 Å². The van der Waals surface area contributed by atoms with E-state index in [1.165, 1.54) is 11.3 Å². The highest BCUT2D eigenvalue weighted by atomic mass is 32.1. The van der Waals surface area contributed by atoms with Gasteiger partial charge in [0, 0.05) is 6.61 Å². The molecule has 2 aliphatic heterocycles. The average molecular weight is 281 g/mol. The second kappa shape index (κ2) is 5.36. The molecule has 2 bridgehead atoms. The van der Waals surface area contributed by atoms with Gasteiger partial charge < -0.3 is 14.8 Å². The number of carbonyl (C=O) groups is 1. The Morgan fingerprint density at radius 1 is 1.58 bits per heavy atom. The molecule has 0 aliphatic carbocycles. The van der Waals surface area contributed by atoms with Crippen LogP contribution in [0.25, 0.3) is 0 Å². The molecule has 3 atom stereocenters. The molecule has 0 radical (unpaired) electrons. The third kappa shape index (κ3) is 2.68. The Balaban J connectivity index is 1.57. The third-order valence-electron chi connectivity index (χ3n) is 3.19.